The third-order valence-electron chi connectivity index (χ3n) is 4.68. The molecule has 10 heteroatoms. The van der Waals surface area contributed by atoms with E-state index in [0.717, 1.165) is 6.42 Å². The standard InChI is InChI=1S/C22H30BrN3O5S/c1-13(2)7-10-30-19(27)12-17-21(29)24-8-9-26(17)22(32)25-20(28)16-11-15(23)5-6-18(16)31-14(3)4/h5-6,11,13-14,17H,7-10,12H2,1-4H3,(H,24,29)(H,25,28,32). The van der Waals surface area contributed by atoms with E-state index in [1.54, 1.807) is 23.1 Å². The minimum absolute atomic E-state index is 0.0697. The van der Waals surface area contributed by atoms with E-state index in [-0.39, 0.29) is 23.5 Å². The molecule has 176 valence electrons. The maximum atomic E-state index is 12.9. The second-order valence-electron chi connectivity index (χ2n) is 8.17. The monoisotopic (exact) mass is 527 g/mol. The predicted molar refractivity (Wildman–Crippen MR) is 129 cm³/mol. The average molecular weight is 528 g/mol. The van der Waals surface area contributed by atoms with E-state index in [1.165, 1.54) is 0 Å². The first-order valence-electron chi connectivity index (χ1n) is 10.6. The maximum Gasteiger partial charge on any atom is 0.308 e. The van der Waals surface area contributed by atoms with Crippen molar-refractivity contribution >= 4 is 51.0 Å². The zero-order valence-corrected chi connectivity index (χ0v) is 21.2. The third-order valence-corrected chi connectivity index (χ3v) is 5.51. The van der Waals surface area contributed by atoms with E-state index in [2.05, 4.69) is 26.6 Å². The molecule has 0 bridgehead atoms. The lowest BCUT2D eigenvalue weighted by Crippen LogP contribution is -2.60. The molecule has 1 saturated heterocycles. The van der Waals surface area contributed by atoms with E-state index in [1.807, 2.05) is 27.7 Å². The zero-order chi connectivity index (χ0) is 23.8. The summed E-state index contributed by atoms with van der Waals surface area (Å²) in [5.41, 5.74) is 0.307. The summed E-state index contributed by atoms with van der Waals surface area (Å²) in [7, 11) is 0. The topological polar surface area (TPSA) is 97.0 Å². The first-order chi connectivity index (χ1) is 15.1. The molecule has 1 aromatic carbocycles. The molecule has 1 heterocycles. The molecule has 0 spiro atoms. The van der Waals surface area contributed by atoms with Gasteiger partial charge in [0.05, 0.1) is 24.7 Å². The fraction of sp³-hybridized carbons (Fsp3) is 0.545. The predicted octanol–water partition coefficient (Wildman–Crippen LogP) is 3.03. The van der Waals surface area contributed by atoms with Crippen molar-refractivity contribution in [1.29, 1.82) is 0 Å². The molecule has 0 radical (unpaired) electrons. The van der Waals surface area contributed by atoms with Gasteiger partial charge in [-0.15, -0.1) is 0 Å². The number of rotatable bonds is 8. The number of hydrogen-bond acceptors (Lipinski definition) is 6. The van der Waals surface area contributed by atoms with Crippen molar-refractivity contribution in [2.24, 2.45) is 5.92 Å². The van der Waals surface area contributed by atoms with E-state index >= 15 is 0 Å². The number of ether oxygens (including phenoxy) is 2. The Hall–Kier alpha value is -2.20. The van der Waals surface area contributed by atoms with Crippen LogP contribution in [0.25, 0.3) is 0 Å². The highest BCUT2D eigenvalue weighted by atomic mass is 79.9. The van der Waals surface area contributed by atoms with Crippen LogP contribution >= 0.6 is 28.1 Å². The van der Waals surface area contributed by atoms with Crippen LogP contribution in [0.2, 0.25) is 0 Å². The van der Waals surface area contributed by atoms with Gasteiger partial charge in [0.1, 0.15) is 11.8 Å². The van der Waals surface area contributed by atoms with Crippen LogP contribution in [0.1, 0.15) is 50.9 Å². The first kappa shape index (κ1) is 26.1. The van der Waals surface area contributed by atoms with Crippen molar-refractivity contribution in [3.63, 3.8) is 0 Å². The summed E-state index contributed by atoms with van der Waals surface area (Å²) in [4.78, 5) is 39.2. The highest BCUT2D eigenvalue weighted by molar-refractivity contribution is 9.10. The van der Waals surface area contributed by atoms with E-state index < -0.39 is 17.9 Å². The van der Waals surface area contributed by atoms with Crippen LogP contribution in [0.3, 0.4) is 0 Å². The molecule has 2 rings (SSSR count). The van der Waals surface area contributed by atoms with Gasteiger partial charge in [-0.3, -0.25) is 19.7 Å². The van der Waals surface area contributed by atoms with Gasteiger partial charge in [0, 0.05) is 17.6 Å². The largest absolute Gasteiger partial charge is 0.490 e. The Balaban J connectivity index is 2.09. The lowest BCUT2D eigenvalue weighted by Gasteiger charge is -2.36. The summed E-state index contributed by atoms with van der Waals surface area (Å²) in [6, 6.07) is 4.27. The number of nitrogens with zero attached hydrogens (tertiary/aromatic N) is 1. The molecule has 2 amide bonds. The van der Waals surface area contributed by atoms with Gasteiger partial charge in [-0.25, -0.2) is 0 Å². The minimum Gasteiger partial charge on any atom is -0.490 e. The summed E-state index contributed by atoms with van der Waals surface area (Å²) in [6.07, 6.45) is 0.471. The first-order valence-corrected chi connectivity index (χ1v) is 11.8. The van der Waals surface area contributed by atoms with Crippen molar-refractivity contribution in [2.75, 3.05) is 19.7 Å². The molecule has 1 atom stereocenters. The van der Waals surface area contributed by atoms with Crippen molar-refractivity contribution in [1.82, 2.24) is 15.5 Å². The van der Waals surface area contributed by atoms with Gasteiger partial charge in [0.25, 0.3) is 5.91 Å². The zero-order valence-electron chi connectivity index (χ0n) is 18.8. The number of esters is 1. The van der Waals surface area contributed by atoms with Crippen LogP contribution < -0.4 is 15.4 Å². The number of piperazine rings is 1. The number of amides is 2. The van der Waals surface area contributed by atoms with E-state index in [0.29, 0.717) is 41.4 Å². The average Bonchev–Trinajstić information content (AvgIpc) is 2.70. The normalized spacial score (nSPS) is 16.0. The number of carbonyl (C=O) groups is 3. The van der Waals surface area contributed by atoms with Gasteiger partial charge in [-0.1, -0.05) is 29.8 Å². The van der Waals surface area contributed by atoms with Crippen molar-refractivity contribution in [3.8, 4) is 5.75 Å². The van der Waals surface area contributed by atoms with Gasteiger partial charge in [-0.2, -0.15) is 0 Å². The number of halogens is 1. The molecule has 1 unspecified atom stereocenters. The number of hydrogen-bond donors (Lipinski definition) is 2. The lowest BCUT2D eigenvalue weighted by atomic mass is 10.1. The molecule has 1 aliphatic rings. The van der Waals surface area contributed by atoms with Gasteiger partial charge in [0.15, 0.2) is 5.11 Å². The molecule has 1 fully saturated rings. The smallest absolute Gasteiger partial charge is 0.308 e. The van der Waals surface area contributed by atoms with Crippen molar-refractivity contribution in [3.05, 3.63) is 28.2 Å². The fourth-order valence-corrected chi connectivity index (χ4v) is 3.73. The molecular formula is C22H30BrN3O5S. The minimum atomic E-state index is -0.850. The summed E-state index contributed by atoms with van der Waals surface area (Å²) >= 11 is 8.79. The molecule has 8 nitrogen and oxygen atoms in total. The van der Waals surface area contributed by atoms with Gasteiger partial charge in [-0.05, 0) is 56.6 Å². The maximum absolute atomic E-state index is 12.9. The lowest BCUT2D eigenvalue weighted by molar-refractivity contribution is -0.147. The van der Waals surface area contributed by atoms with Crippen LogP contribution in [0.5, 0.6) is 5.75 Å². The summed E-state index contributed by atoms with van der Waals surface area (Å²) in [6.45, 7) is 8.82. The van der Waals surface area contributed by atoms with Crippen molar-refractivity contribution < 1.29 is 23.9 Å². The molecule has 1 aromatic rings. The second kappa shape index (κ2) is 12.2. The molecule has 32 heavy (non-hydrogen) atoms. The summed E-state index contributed by atoms with van der Waals surface area (Å²) in [5, 5.41) is 5.48. The Kier molecular flexibility index (Phi) is 9.89. The van der Waals surface area contributed by atoms with Crippen LogP contribution in [0.15, 0.2) is 22.7 Å². The van der Waals surface area contributed by atoms with Crippen LogP contribution in [-0.2, 0) is 14.3 Å². The van der Waals surface area contributed by atoms with E-state index in [9.17, 15) is 14.4 Å². The summed E-state index contributed by atoms with van der Waals surface area (Å²) < 4.78 is 11.7. The van der Waals surface area contributed by atoms with Crippen LogP contribution in [0.4, 0.5) is 0 Å². The molecule has 0 aliphatic carbocycles. The number of nitrogens with one attached hydrogen (secondary N) is 2. The van der Waals surface area contributed by atoms with E-state index in [4.69, 9.17) is 21.7 Å². The third kappa shape index (κ3) is 7.74. The quantitative estimate of drug-likeness (QED) is 0.396. The second-order valence-corrected chi connectivity index (χ2v) is 9.48. The Bertz CT molecular complexity index is 862. The molecule has 0 saturated carbocycles. The SMILES string of the molecule is CC(C)CCOC(=O)CC1C(=O)NCCN1C(=S)NC(=O)c1cc(Br)ccc1OC(C)C. The number of carbonyl (C=O) groups excluding carboxylic acids is 3. The molecule has 0 aromatic heterocycles. The Labute approximate surface area is 202 Å². The highest BCUT2D eigenvalue weighted by Crippen LogP contribution is 2.24. The highest BCUT2D eigenvalue weighted by Gasteiger charge is 2.34. The molecule has 2 N–H and O–H groups in total. The number of thiocarbonyl (C=S) groups is 1. The van der Waals surface area contributed by atoms with Crippen LogP contribution in [0, 0.1) is 5.92 Å². The van der Waals surface area contributed by atoms with Gasteiger partial charge >= 0.3 is 5.97 Å². The Morgan fingerprint density at radius 3 is 2.69 bits per heavy atom. The van der Waals surface area contributed by atoms with Crippen LogP contribution in [-0.4, -0.2) is 59.6 Å². The summed E-state index contributed by atoms with van der Waals surface area (Å²) in [5.74, 6) is -0.449. The van der Waals surface area contributed by atoms with Crippen molar-refractivity contribution in [2.45, 2.75) is 52.7 Å². The van der Waals surface area contributed by atoms with Gasteiger partial charge in [0.2, 0.25) is 5.91 Å². The Morgan fingerprint density at radius 2 is 2.03 bits per heavy atom. The molecule has 1 aliphatic heterocycles. The number of benzene rings is 1. The van der Waals surface area contributed by atoms with Gasteiger partial charge < -0.3 is 19.7 Å². The Morgan fingerprint density at radius 1 is 1.31 bits per heavy atom. The molecular weight excluding hydrogens is 498 g/mol. The fourth-order valence-electron chi connectivity index (χ4n) is 3.06.